The van der Waals surface area contributed by atoms with Crippen LogP contribution in [0.1, 0.15) is 17.2 Å². The average Bonchev–Trinajstić information content (AvgIpc) is 2.68. The predicted molar refractivity (Wildman–Crippen MR) is 73.3 cm³/mol. The van der Waals surface area contributed by atoms with E-state index in [1.807, 2.05) is 43.3 Å². The molecule has 0 fully saturated rings. The Balaban J connectivity index is 1.91. The molecule has 0 aromatic heterocycles. The van der Waals surface area contributed by atoms with Gasteiger partial charge in [0.15, 0.2) is 0 Å². The smallest absolute Gasteiger partial charge is 0.245 e. The van der Waals surface area contributed by atoms with Gasteiger partial charge in [0.2, 0.25) is 5.91 Å². The van der Waals surface area contributed by atoms with Crippen molar-refractivity contribution in [3.8, 4) is 11.5 Å². The lowest BCUT2D eigenvalue weighted by Crippen LogP contribution is -2.19. The molecule has 1 aliphatic rings. The van der Waals surface area contributed by atoms with Gasteiger partial charge in [0.05, 0.1) is 0 Å². The summed E-state index contributed by atoms with van der Waals surface area (Å²) >= 11 is 0. The molecule has 19 heavy (non-hydrogen) atoms. The normalized spacial score (nSPS) is 16.9. The lowest BCUT2D eigenvalue weighted by Gasteiger charge is -2.09. The van der Waals surface area contributed by atoms with Gasteiger partial charge in [-0.05, 0) is 24.6 Å². The Bertz CT molecular complexity index is 652. The minimum atomic E-state index is -0.581. The van der Waals surface area contributed by atoms with E-state index in [0.29, 0.717) is 5.75 Å². The number of nitrogens with one attached hydrogen (secondary N) is 1. The van der Waals surface area contributed by atoms with Gasteiger partial charge in [-0.1, -0.05) is 24.3 Å². The fourth-order valence-corrected chi connectivity index (χ4v) is 2.13. The lowest BCUT2D eigenvalue weighted by atomic mass is 10.1. The third-order valence-corrected chi connectivity index (χ3v) is 3.22. The monoisotopic (exact) mass is 254 g/mol. The van der Waals surface area contributed by atoms with Gasteiger partial charge in [0.1, 0.15) is 17.5 Å². The maximum atomic E-state index is 11.5. The molecular weight excluding hydrogens is 240 g/mol. The zero-order valence-corrected chi connectivity index (χ0v) is 10.5. The van der Waals surface area contributed by atoms with E-state index < -0.39 is 6.04 Å². The van der Waals surface area contributed by atoms with Crippen molar-refractivity contribution in [3.63, 3.8) is 0 Å². The molecule has 0 saturated heterocycles. The van der Waals surface area contributed by atoms with E-state index in [0.717, 1.165) is 22.6 Å². The number of carbonyl (C=O) groups excluding carboxylic acids is 1. The van der Waals surface area contributed by atoms with E-state index in [1.54, 1.807) is 6.07 Å². The number of aryl methyl sites for hydroxylation is 1. The second-order valence-electron chi connectivity index (χ2n) is 4.58. The number of nitrogens with two attached hydrogens (primary N) is 1. The third-order valence-electron chi connectivity index (χ3n) is 3.22. The summed E-state index contributed by atoms with van der Waals surface area (Å²) in [6.45, 7) is 1.99. The highest BCUT2D eigenvalue weighted by molar-refractivity contribution is 6.02. The van der Waals surface area contributed by atoms with Crippen molar-refractivity contribution < 1.29 is 9.53 Å². The van der Waals surface area contributed by atoms with Gasteiger partial charge in [-0.2, -0.15) is 0 Å². The minimum absolute atomic E-state index is 0.178. The zero-order chi connectivity index (χ0) is 13.4. The van der Waals surface area contributed by atoms with Crippen molar-refractivity contribution in [3.05, 3.63) is 53.6 Å². The molecule has 96 valence electrons. The summed E-state index contributed by atoms with van der Waals surface area (Å²) in [5, 5.41) is 2.74. The second kappa shape index (κ2) is 4.40. The molecule has 2 aromatic carbocycles. The van der Waals surface area contributed by atoms with E-state index in [4.69, 9.17) is 10.5 Å². The molecular formula is C15H14N2O2. The van der Waals surface area contributed by atoms with E-state index in [-0.39, 0.29) is 5.91 Å². The first-order chi connectivity index (χ1) is 9.15. The summed E-state index contributed by atoms with van der Waals surface area (Å²) in [5.41, 5.74) is 8.36. The molecule has 1 unspecified atom stereocenters. The number of para-hydroxylation sites is 1. The number of rotatable bonds is 2. The number of fused-ring (bicyclic) bond motifs is 1. The Kier molecular flexibility index (Phi) is 2.72. The Morgan fingerprint density at radius 1 is 1.21 bits per heavy atom. The van der Waals surface area contributed by atoms with Gasteiger partial charge in [-0.15, -0.1) is 0 Å². The van der Waals surface area contributed by atoms with Crippen LogP contribution < -0.4 is 15.8 Å². The van der Waals surface area contributed by atoms with Crippen LogP contribution in [0.15, 0.2) is 42.5 Å². The number of carbonyl (C=O) groups is 1. The fourth-order valence-electron chi connectivity index (χ4n) is 2.13. The van der Waals surface area contributed by atoms with Crippen molar-refractivity contribution in [2.24, 2.45) is 5.73 Å². The van der Waals surface area contributed by atoms with Gasteiger partial charge in [-0.3, -0.25) is 4.79 Å². The van der Waals surface area contributed by atoms with E-state index in [2.05, 4.69) is 5.32 Å². The van der Waals surface area contributed by atoms with Crippen LogP contribution in [0.4, 0.5) is 5.69 Å². The highest BCUT2D eigenvalue weighted by atomic mass is 16.5. The summed E-state index contributed by atoms with van der Waals surface area (Å²) in [6, 6.07) is 12.6. The number of hydrogen-bond donors (Lipinski definition) is 2. The third kappa shape index (κ3) is 2.06. The molecule has 3 N–H and O–H groups in total. The molecule has 4 heteroatoms. The topological polar surface area (TPSA) is 64.3 Å². The van der Waals surface area contributed by atoms with Crippen molar-refractivity contribution in [1.82, 2.24) is 0 Å². The van der Waals surface area contributed by atoms with Gasteiger partial charge in [0.25, 0.3) is 0 Å². The van der Waals surface area contributed by atoms with Crippen LogP contribution >= 0.6 is 0 Å². The standard InChI is InChI=1S/C15H14N2O2/c1-9-4-2-3-5-13(9)19-10-6-7-11-12(8-10)17-15(18)14(11)16/h2-8,14H,16H2,1H3,(H,17,18). The van der Waals surface area contributed by atoms with Gasteiger partial charge in [-0.25, -0.2) is 0 Å². The van der Waals surface area contributed by atoms with Gasteiger partial charge in [0, 0.05) is 17.3 Å². The number of anilines is 1. The summed E-state index contributed by atoms with van der Waals surface area (Å²) in [4.78, 5) is 11.5. The SMILES string of the molecule is Cc1ccccc1Oc1ccc2c(c1)NC(=O)C2N. The van der Waals surface area contributed by atoms with Crippen LogP contribution in [0.3, 0.4) is 0 Å². The Labute approximate surface area is 111 Å². The van der Waals surface area contributed by atoms with Crippen LogP contribution in [0.5, 0.6) is 11.5 Å². The molecule has 1 amide bonds. The lowest BCUT2D eigenvalue weighted by molar-refractivity contribution is -0.116. The van der Waals surface area contributed by atoms with Crippen LogP contribution in [0.25, 0.3) is 0 Å². The van der Waals surface area contributed by atoms with Crippen molar-refractivity contribution >= 4 is 11.6 Å². The van der Waals surface area contributed by atoms with Crippen LogP contribution in [0, 0.1) is 6.92 Å². The van der Waals surface area contributed by atoms with E-state index in [1.165, 1.54) is 0 Å². The Morgan fingerprint density at radius 3 is 2.79 bits per heavy atom. The van der Waals surface area contributed by atoms with Crippen LogP contribution in [-0.2, 0) is 4.79 Å². The molecule has 0 spiro atoms. The minimum Gasteiger partial charge on any atom is -0.457 e. The highest BCUT2D eigenvalue weighted by Crippen LogP contribution is 2.34. The molecule has 1 heterocycles. The molecule has 1 atom stereocenters. The maximum Gasteiger partial charge on any atom is 0.245 e. The first-order valence-corrected chi connectivity index (χ1v) is 6.09. The van der Waals surface area contributed by atoms with Gasteiger partial charge < -0.3 is 15.8 Å². The van der Waals surface area contributed by atoms with Gasteiger partial charge >= 0.3 is 0 Å². The highest BCUT2D eigenvalue weighted by Gasteiger charge is 2.27. The summed E-state index contributed by atoms with van der Waals surface area (Å²) < 4.78 is 5.81. The van der Waals surface area contributed by atoms with Crippen molar-refractivity contribution in [1.29, 1.82) is 0 Å². The quantitative estimate of drug-likeness (QED) is 0.866. The average molecular weight is 254 g/mol. The first kappa shape index (κ1) is 11.7. The summed E-state index contributed by atoms with van der Waals surface area (Å²) in [7, 11) is 0. The number of amides is 1. The molecule has 0 radical (unpaired) electrons. The van der Waals surface area contributed by atoms with E-state index in [9.17, 15) is 4.79 Å². The molecule has 3 rings (SSSR count). The Hall–Kier alpha value is -2.33. The number of ether oxygens (including phenoxy) is 1. The van der Waals surface area contributed by atoms with Crippen LogP contribution in [0.2, 0.25) is 0 Å². The summed E-state index contributed by atoms with van der Waals surface area (Å²) in [5.74, 6) is 1.31. The fraction of sp³-hybridized carbons (Fsp3) is 0.133. The zero-order valence-electron chi connectivity index (χ0n) is 10.5. The molecule has 0 aliphatic carbocycles. The second-order valence-corrected chi connectivity index (χ2v) is 4.58. The predicted octanol–water partition coefficient (Wildman–Crippen LogP) is 2.74. The van der Waals surface area contributed by atoms with Crippen molar-refractivity contribution in [2.45, 2.75) is 13.0 Å². The first-order valence-electron chi connectivity index (χ1n) is 6.09. The molecule has 2 aromatic rings. The maximum absolute atomic E-state index is 11.5. The summed E-state index contributed by atoms with van der Waals surface area (Å²) in [6.07, 6.45) is 0. The molecule has 0 bridgehead atoms. The van der Waals surface area contributed by atoms with E-state index >= 15 is 0 Å². The largest absolute Gasteiger partial charge is 0.457 e. The Morgan fingerprint density at radius 2 is 2.00 bits per heavy atom. The van der Waals surface area contributed by atoms with Crippen molar-refractivity contribution in [2.75, 3.05) is 5.32 Å². The molecule has 4 nitrogen and oxygen atoms in total. The van der Waals surface area contributed by atoms with Crippen LogP contribution in [-0.4, -0.2) is 5.91 Å². The number of hydrogen-bond acceptors (Lipinski definition) is 3. The molecule has 1 aliphatic heterocycles. The number of benzene rings is 2. The molecule has 0 saturated carbocycles.